The average Bonchev–Trinajstić information content (AvgIpc) is 2.05. The van der Waals surface area contributed by atoms with Gasteiger partial charge in [0.1, 0.15) is 0 Å². The molecule has 0 aromatic carbocycles. The monoisotopic (exact) mass is 141 g/mol. The molecule has 0 aromatic heterocycles. The summed E-state index contributed by atoms with van der Waals surface area (Å²) >= 11 is 0. The summed E-state index contributed by atoms with van der Waals surface area (Å²) in [5, 5.41) is 0. The Morgan fingerprint density at radius 2 is 1.90 bits per heavy atom. The van der Waals surface area contributed by atoms with E-state index >= 15 is 0 Å². The summed E-state index contributed by atoms with van der Waals surface area (Å²) < 4.78 is 5.03. The SMILES string of the molecule is C=[O+]C1CCC(CC)CC1. The van der Waals surface area contributed by atoms with Crippen molar-refractivity contribution in [3.05, 3.63) is 0 Å². The zero-order valence-corrected chi connectivity index (χ0v) is 6.81. The number of rotatable bonds is 2. The Balaban J connectivity index is 2.23. The molecule has 1 aliphatic carbocycles. The molecule has 1 nitrogen and oxygen atoms in total. The summed E-state index contributed by atoms with van der Waals surface area (Å²) in [5.41, 5.74) is 0. The maximum Gasteiger partial charge on any atom is 0.274 e. The molecule has 10 heavy (non-hydrogen) atoms. The van der Waals surface area contributed by atoms with Crippen molar-refractivity contribution in [3.63, 3.8) is 0 Å². The first-order chi connectivity index (χ1) is 4.86. The molecule has 1 saturated carbocycles. The standard InChI is InChI=1S/C9H17O/c1-3-8-4-6-9(10-2)7-5-8/h8-9H,2-7H2,1H3/q+1. The molecule has 0 spiro atoms. The van der Waals surface area contributed by atoms with E-state index in [2.05, 4.69) is 13.7 Å². The molecule has 0 heterocycles. The molecule has 0 saturated heterocycles. The summed E-state index contributed by atoms with van der Waals surface area (Å²) in [6, 6.07) is 0. The molecular formula is C9H17O+. The molecule has 1 fully saturated rings. The van der Waals surface area contributed by atoms with Gasteiger partial charge >= 0.3 is 0 Å². The van der Waals surface area contributed by atoms with Crippen molar-refractivity contribution < 1.29 is 4.42 Å². The Bertz CT molecular complexity index is 101. The number of carbonyl (C=O) groups excluding carboxylic acids is 1. The zero-order chi connectivity index (χ0) is 7.40. The van der Waals surface area contributed by atoms with Crippen molar-refractivity contribution in [3.8, 4) is 0 Å². The molecule has 0 aromatic rings. The molecule has 1 heteroatoms. The smallest absolute Gasteiger partial charge is 0.267 e. The van der Waals surface area contributed by atoms with Crippen LogP contribution in [0.4, 0.5) is 0 Å². The average molecular weight is 141 g/mol. The van der Waals surface area contributed by atoms with Gasteiger partial charge in [-0.25, -0.2) is 0 Å². The van der Waals surface area contributed by atoms with Crippen LogP contribution in [0.5, 0.6) is 0 Å². The maximum absolute atomic E-state index is 5.03. The first kappa shape index (κ1) is 7.77. The van der Waals surface area contributed by atoms with Crippen LogP contribution in [0.25, 0.3) is 0 Å². The fourth-order valence-corrected chi connectivity index (χ4v) is 1.71. The molecule has 58 valence electrons. The molecule has 1 rings (SSSR count). The minimum Gasteiger partial charge on any atom is -0.267 e. The molecule has 0 aliphatic heterocycles. The van der Waals surface area contributed by atoms with Gasteiger partial charge in [-0.2, -0.15) is 0 Å². The van der Waals surface area contributed by atoms with Crippen molar-refractivity contribution in [2.24, 2.45) is 5.92 Å². The van der Waals surface area contributed by atoms with E-state index in [0.717, 1.165) is 5.92 Å². The molecule has 1 aliphatic rings. The second kappa shape index (κ2) is 3.75. The molecule has 0 radical (unpaired) electrons. The summed E-state index contributed by atoms with van der Waals surface area (Å²) in [6.07, 6.45) is 6.93. The lowest BCUT2D eigenvalue weighted by molar-refractivity contribution is -0.499. The Kier molecular flexibility index (Phi) is 2.91. The van der Waals surface area contributed by atoms with E-state index in [0.29, 0.717) is 6.10 Å². The van der Waals surface area contributed by atoms with Gasteiger partial charge in [-0.1, -0.05) is 13.3 Å². The van der Waals surface area contributed by atoms with E-state index < -0.39 is 0 Å². The van der Waals surface area contributed by atoms with E-state index in [-0.39, 0.29) is 0 Å². The van der Waals surface area contributed by atoms with Crippen molar-refractivity contribution in [2.45, 2.75) is 45.1 Å². The van der Waals surface area contributed by atoms with E-state index in [1.165, 1.54) is 32.1 Å². The van der Waals surface area contributed by atoms with Crippen LogP contribution < -0.4 is 0 Å². The lowest BCUT2D eigenvalue weighted by Gasteiger charge is -2.19. The van der Waals surface area contributed by atoms with Gasteiger partial charge in [-0.3, -0.25) is 4.42 Å². The van der Waals surface area contributed by atoms with Crippen molar-refractivity contribution >= 4 is 6.79 Å². The van der Waals surface area contributed by atoms with E-state index in [1.807, 2.05) is 0 Å². The van der Waals surface area contributed by atoms with Crippen LogP contribution in [0.3, 0.4) is 0 Å². The summed E-state index contributed by atoms with van der Waals surface area (Å²) in [7, 11) is 0. The molecule has 0 bridgehead atoms. The van der Waals surface area contributed by atoms with Gasteiger partial charge in [0.2, 0.25) is 0 Å². The molecule has 0 unspecified atom stereocenters. The first-order valence-corrected chi connectivity index (χ1v) is 4.27. The van der Waals surface area contributed by atoms with Gasteiger partial charge in [-0.05, 0) is 18.8 Å². The topological polar surface area (TPSA) is 11.3 Å². The third kappa shape index (κ3) is 1.83. The van der Waals surface area contributed by atoms with Crippen LogP contribution in [0.1, 0.15) is 39.0 Å². The number of hydrogen-bond donors (Lipinski definition) is 0. The summed E-state index contributed by atoms with van der Waals surface area (Å²) in [5.74, 6) is 0.964. The van der Waals surface area contributed by atoms with Gasteiger partial charge < -0.3 is 0 Å². The summed E-state index contributed by atoms with van der Waals surface area (Å²) in [4.78, 5) is 0. The largest absolute Gasteiger partial charge is 0.274 e. The lowest BCUT2D eigenvalue weighted by atomic mass is 9.86. The first-order valence-electron chi connectivity index (χ1n) is 4.27. The van der Waals surface area contributed by atoms with Crippen LogP contribution in [0.2, 0.25) is 0 Å². The quantitative estimate of drug-likeness (QED) is 0.523. The predicted octanol–water partition coefficient (Wildman–Crippen LogP) is 2.32. The van der Waals surface area contributed by atoms with Crippen molar-refractivity contribution in [1.29, 1.82) is 0 Å². The molecule has 0 amide bonds. The zero-order valence-electron chi connectivity index (χ0n) is 6.81. The normalized spacial score (nSPS) is 33.7. The third-order valence-corrected chi connectivity index (χ3v) is 2.61. The fourth-order valence-electron chi connectivity index (χ4n) is 1.71. The molecular weight excluding hydrogens is 124 g/mol. The third-order valence-electron chi connectivity index (χ3n) is 2.61. The molecule has 0 atom stereocenters. The highest BCUT2D eigenvalue weighted by atomic mass is 16.4. The van der Waals surface area contributed by atoms with Crippen LogP contribution in [0, 0.1) is 5.92 Å². The Morgan fingerprint density at radius 3 is 2.30 bits per heavy atom. The van der Waals surface area contributed by atoms with Gasteiger partial charge in [-0.15, -0.1) is 0 Å². The Labute approximate surface area is 63.1 Å². The summed E-state index contributed by atoms with van der Waals surface area (Å²) in [6.45, 7) is 5.73. The van der Waals surface area contributed by atoms with Gasteiger partial charge in [0.15, 0.2) is 0 Å². The fraction of sp³-hybridized carbons (Fsp3) is 0.889. The van der Waals surface area contributed by atoms with E-state index in [4.69, 9.17) is 4.42 Å². The van der Waals surface area contributed by atoms with Crippen LogP contribution in [0.15, 0.2) is 0 Å². The van der Waals surface area contributed by atoms with Crippen LogP contribution >= 0.6 is 0 Å². The second-order valence-corrected chi connectivity index (χ2v) is 3.22. The van der Waals surface area contributed by atoms with Crippen molar-refractivity contribution in [1.82, 2.24) is 0 Å². The van der Waals surface area contributed by atoms with Gasteiger partial charge in [0, 0.05) is 12.8 Å². The predicted molar refractivity (Wildman–Crippen MR) is 43.2 cm³/mol. The second-order valence-electron chi connectivity index (χ2n) is 3.22. The van der Waals surface area contributed by atoms with E-state index in [9.17, 15) is 0 Å². The van der Waals surface area contributed by atoms with Crippen LogP contribution in [-0.4, -0.2) is 12.9 Å². The van der Waals surface area contributed by atoms with E-state index in [1.54, 1.807) is 0 Å². The minimum atomic E-state index is 0.461. The Morgan fingerprint density at radius 1 is 1.30 bits per heavy atom. The maximum atomic E-state index is 5.03. The highest BCUT2D eigenvalue weighted by Gasteiger charge is 2.24. The Hall–Kier alpha value is -0.330. The number of hydrogen-bond acceptors (Lipinski definition) is 0. The van der Waals surface area contributed by atoms with Gasteiger partial charge in [0.25, 0.3) is 12.9 Å². The van der Waals surface area contributed by atoms with Crippen LogP contribution in [-0.2, 0) is 4.42 Å². The lowest BCUT2D eigenvalue weighted by Crippen LogP contribution is -2.18. The highest BCUT2D eigenvalue weighted by molar-refractivity contribution is 5.12. The van der Waals surface area contributed by atoms with Crippen molar-refractivity contribution in [2.75, 3.05) is 0 Å². The molecule has 0 N–H and O–H groups in total. The minimum absolute atomic E-state index is 0.461. The highest BCUT2D eigenvalue weighted by Crippen LogP contribution is 2.26. The van der Waals surface area contributed by atoms with Gasteiger partial charge in [0.05, 0.1) is 0 Å².